The summed E-state index contributed by atoms with van der Waals surface area (Å²) in [6.45, 7) is 18.5. The van der Waals surface area contributed by atoms with Gasteiger partial charge in [0.2, 0.25) is 0 Å². The Morgan fingerprint density at radius 3 is 2.11 bits per heavy atom. The summed E-state index contributed by atoms with van der Waals surface area (Å²) >= 11 is 0. The van der Waals surface area contributed by atoms with Gasteiger partial charge in [-0.3, -0.25) is 4.68 Å². The van der Waals surface area contributed by atoms with Crippen molar-refractivity contribution in [1.29, 1.82) is 0 Å². The second-order valence-corrected chi connectivity index (χ2v) is 16.6. The van der Waals surface area contributed by atoms with E-state index < -0.39 is 0 Å². The van der Waals surface area contributed by atoms with Gasteiger partial charge in [-0.2, -0.15) is 17.2 Å². The third-order valence-electron chi connectivity index (χ3n) is 10.1. The van der Waals surface area contributed by atoms with E-state index in [-0.39, 0.29) is 31.9 Å². The molecule has 0 radical (unpaired) electrons. The Bertz CT molecular complexity index is 2380. The number of aromatic nitrogens is 4. The van der Waals surface area contributed by atoms with E-state index in [1.165, 1.54) is 27.8 Å². The number of benzene rings is 4. The van der Waals surface area contributed by atoms with Crippen LogP contribution in [0.3, 0.4) is 0 Å². The van der Waals surface area contributed by atoms with Crippen molar-refractivity contribution in [3.63, 3.8) is 0 Å². The normalized spacial score (nSPS) is 11.9. The average Bonchev–Trinajstić information content (AvgIpc) is 3.73. The van der Waals surface area contributed by atoms with Crippen molar-refractivity contribution < 1.29 is 30.5 Å². The summed E-state index contributed by atoms with van der Waals surface area (Å²) in [5.41, 5.74) is 11.2. The molecule has 0 saturated heterocycles. The molecule has 4 aromatic carbocycles. The van der Waals surface area contributed by atoms with Crippen LogP contribution in [-0.4, -0.2) is 26.4 Å². The van der Waals surface area contributed by atoms with Gasteiger partial charge >= 0.3 is 21.1 Å². The van der Waals surface area contributed by atoms with Crippen LogP contribution in [0.15, 0.2) is 91.4 Å². The molecule has 0 aliphatic carbocycles. The summed E-state index contributed by atoms with van der Waals surface area (Å²) in [6, 6.07) is 31.5. The monoisotopic (exact) mass is 897 g/mol. The minimum absolute atomic E-state index is 0. The number of para-hydroxylation sites is 1. The van der Waals surface area contributed by atoms with Gasteiger partial charge in [0.05, 0.1) is 13.3 Å². The first kappa shape index (κ1) is 39.0. The number of ether oxygens (including phenoxy) is 2. The van der Waals surface area contributed by atoms with Crippen LogP contribution in [0.5, 0.6) is 17.2 Å². The first-order valence-corrected chi connectivity index (χ1v) is 18.6. The van der Waals surface area contributed by atoms with Crippen LogP contribution >= 0.6 is 0 Å². The maximum Gasteiger partial charge on any atom is 2.00 e. The molecule has 7 aromatic rings. The van der Waals surface area contributed by atoms with Gasteiger partial charge in [-0.25, -0.2) is 4.98 Å². The quantitative estimate of drug-likeness (QED) is 0.128. The number of hydrogen-bond donors (Lipinski definition) is 0. The van der Waals surface area contributed by atoms with Crippen LogP contribution in [0.4, 0.5) is 0 Å². The van der Waals surface area contributed by atoms with Crippen molar-refractivity contribution in [2.75, 3.05) is 7.11 Å². The number of pyridine rings is 1. The van der Waals surface area contributed by atoms with Crippen LogP contribution in [0.1, 0.15) is 76.6 Å². The van der Waals surface area contributed by atoms with Crippen molar-refractivity contribution in [3.8, 4) is 39.9 Å². The molecule has 7 heteroatoms. The molecule has 0 amide bonds. The Labute approximate surface area is 334 Å². The molecule has 0 saturated carbocycles. The van der Waals surface area contributed by atoms with Gasteiger partial charge in [0.1, 0.15) is 11.6 Å². The van der Waals surface area contributed by atoms with Crippen LogP contribution < -0.4 is 9.47 Å². The SMILES string of the molecule is COc1ccnc(-n2c3[c-]c(Oc4[c-]c(-n5cc(-c6c(CCC(C)(C)C)c(C)cc(C)c6CCC(C)(C)C)cn5)ccc4)ccc3c3ccccc32)c1.[Pt+2]. The molecular weight excluding hydrogens is 848 g/mol. The van der Waals surface area contributed by atoms with Crippen LogP contribution in [0.25, 0.3) is 44.4 Å². The number of aryl methyl sites for hydroxylation is 2. The summed E-state index contributed by atoms with van der Waals surface area (Å²) in [5.74, 6) is 2.65. The number of rotatable bonds is 10. The summed E-state index contributed by atoms with van der Waals surface area (Å²) in [4.78, 5) is 4.68. The molecule has 3 heterocycles. The van der Waals surface area contributed by atoms with E-state index in [1.54, 1.807) is 13.3 Å². The molecular formula is C47H50N4O2Pt. The zero-order chi connectivity index (χ0) is 37.5. The number of methoxy groups -OCH3 is 1. The molecule has 0 N–H and O–H groups in total. The second-order valence-electron chi connectivity index (χ2n) is 16.6. The van der Waals surface area contributed by atoms with Gasteiger partial charge < -0.3 is 14.0 Å². The van der Waals surface area contributed by atoms with Crippen molar-refractivity contribution in [1.82, 2.24) is 19.3 Å². The molecule has 0 aliphatic heterocycles. The average molecular weight is 898 g/mol. The molecule has 0 atom stereocenters. The number of nitrogens with zero attached hydrogens (tertiary/aromatic N) is 4. The van der Waals surface area contributed by atoms with Gasteiger partial charge in [-0.1, -0.05) is 71.3 Å². The van der Waals surface area contributed by atoms with Gasteiger partial charge in [0, 0.05) is 41.0 Å². The fourth-order valence-electron chi connectivity index (χ4n) is 7.22. The van der Waals surface area contributed by atoms with Crippen molar-refractivity contribution >= 4 is 21.8 Å². The van der Waals surface area contributed by atoms with E-state index in [1.807, 2.05) is 53.3 Å². The molecule has 54 heavy (non-hydrogen) atoms. The molecule has 280 valence electrons. The van der Waals surface area contributed by atoms with E-state index in [2.05, 4.69) is 114 Å². The Balaban J connectivity index is 0.00000497. The van der Waals surface area contributed by atoms with Gasteiger partial charge in [-0.15, -0.1) is 35.7 Å². The standard InChI is InChI=1S/C47H50N4O2.Pt/c1-31-25-32(2)39(20-23-47(6,7)8)45(38(31)19-22-46(3,4)5)33-29-49-50(30-33)34-13-12-14-36(26-34)53-37-17-18-41-40-15-10-11-16-42(40)51(43(41)27-37)44-28-35(52-9)21-24-48-44;/h10-18,21,24-25,28-30H,19-20,22-23H2,1-9H3;/q-2;+2. The molecule has 0 aliphatic rings. The zero-order valence-electron chi connectivity index (χ0n) is 32.9. The zero-order valence-corrected chi connectivity index (χ0v) is 35.2. The Morgan fingerprint density at radius 2 is 1.43 bits per heavy atom. The Hall–Kier alpha value is -4.67. The largest absolute Gasteiger partial charge is 2.00 e. The third kappa shape index (κ3) is 8.35. The minimum Gasteiger partial charge on any atom is -0.509 e. The summed E-state index contributed by atoms with van der Waals surface area (Å²) < 4.78 is 16.0. The van der Waals surface area contributed by atoms with E-state index in [4.69, 9.17) is 14.6 Å². The summed E-state index contributed by atoms with van der Waals surface area (Å²) in [7, 11) is 1.66. The molecule has 0 unspecified atom stereocenters. The van der Waals surface area contributed by atoms with Crippen molar-refractivity contribution in [2.45, 2.75) is 81.1 Å². The number of hydrogen-bond acceptors (Lipinski definition) is 4. The van der Waals surface area contributed by atoms with Gasteiger partial charge in [0.15, 0.2) is 0 Å². The van der Waals surface area contributed by atoms with Gasteiger partial charge in [-0.05, 0) is 101 Å². The predicted molar refractivity (Wildman–Crippen MR) is 217 cm³/mol. The van der Waals surface area contributed by atoms with E-state index in [9.17, 15) is 0 Å². The first-order chi connectivity index (χ1) is 25.3. The predicted octanol–water partition coefficient (Wildman–Crippen LogP) is 12.0. The molecule has 6 nitrogen and oxygen atoms in total. The molecule has 3 aromatic heterocycles. The molecule has 7 rings (SSSR count). The maximum absolute atomic E-state index is 6.46. The van der Waals surface area contributed by atoms with E-state index in [0.29, 0.717) is 11.5 Å². The summed E-state index contributed by atoms with van der Waals surface area (Å²) in [5, 5.41) is 7.08. The minimum atomic E-state index is 0. The molecule has 0 spiro atoms. The van der Waals surface area contributed by atoms with E-state index >= 15 is 0 Å². The van der Waals surface area contributed by atoms with Crippen LogP contribution in [0, 0.1) is 36.8 Å². The van der Waals surface area contributed by atoms with Crippen molar-refractivity contribution in [2.24, 2.45) is 10.8 Å². The first-order valence-electron chi connectivity index (χ1n) is 18.6. The topological polar surface area (TPSA) is 54.1 Å². The van der Waals surface area contributed by atoms with E-state index in [0.717, 1.165) is 70.3 Å². The number of fused-ring (bicyclic) bond motifs is 3. The second kappa shape index (κ2) is 15.6. The van der Waals surface area contributed by atoms with Gasteiger partial charge in [0.25, 0.3) is 0 Å². The molecule has 0 bridgehead atoms. The van der Waals surface area contributed by atoms with Crippen LogP contribution in [0.2, 0.25) is 0 Å². The Morgan fingerprint density at radius 1 is 0.741 bits per heavy atom. The third-order valence-corrected chi connectivity index (χ3v) is 10.1. The fourth-order valence-corrected chi connectivity index (χ4v) is 7.22. The maximum atomic E-state index is 6.46. The van der Waals surface area contributed by atoms with Crippen molar-refractivity contribution in [3.05, 3.63) is 126 Å². The van der Waals surface area contributed by atoms with Crippen LogP contribution in [-0.2, 0) is 33.9 Å². The smallest absolute Gasteiger partial charge is 0.509 e. The fraction of sp³-hybridized carbons (Fsp3) is 0.319. The summed E-state index contributed by atoms with van der Waals surface area (Å²) in [6.07, 6.45) is 10.2. The Kier molecular flexibility index (Phi) is 11.3. The molecule has 0 fully saturated rings.